The maximum atomic E-state index is 5.42. The summed E-state index contributed by atoms with van der Waals surface area (Å²) in [5.41, 5.74) is 0. The molecule has 0 N–H and O–H groups in total. The van der Waals surface area contributed by atoms with Crippen LogP contribution in [0.2, 0.25) is 6.04 Å². The molecule has 0 aliphatic carbocycles. The van der Waals surface area contributed by atoms with Crippen molar-refractivity contribution in [1.82, 2.24) is 0 Å². The van der Waals surface area contributed by atoms with Gasteiger partial charge in [0.1, 0.15) is 0 Å². The van der Waals surface area contributed by atoms with Crippen molar-refractivity contribution in [3.63, 3.8) is 0 Å². The van der Waals surface area contributed by atoms with Crippen LogP contribution < -0.4 is 0 Å². The molecule has 0 aliphatic heterocycles. The second-order valence-corrected chi connectivity index (χ2v) is 7.34. The third-order valence-corrected chi connectivity index (χ3v) is 6.68. The lowest BCUT2D eigenvalue weighted by Crippen LogP contribution is -2.42. The minimum absolute atomic E-state index is 0.754. The Kier molecular flexibility index (Phi) is 7.23. The number of unbranched alkanes of at least 4 members (excludes halogenated alkanes) is 2. The first-order valence-corrected chi connectivity index (χ1v) is 7.32. The molecule has 0 saturated carbocycles. The Labute approximate surface area is 82.3 Å². The van der Waals surface area contributed by atoms with E-state index in [4.69, 9.17) is 8.85 Å². The second-order valence-electron chi connectivity index (χ2n) is 2.93. The molecule has 0 spiro atoms. The average Bonchev–Trinajstić information content (AvgIpc) is 2.14. The van der Waals surface area contributed by atoms with Crippen LogP contribution in [0.3, 0.4) is 0 Å². The van der Waals surface area contributed by atoms with Gasteiger partial charge in [-0.05, 0) is 6.04 Å². The lowest BCUT2D eigenvalue weighted by atomic mass is 10.3. The van der Waals surface area contributed by atoms with Gasteiger partial charge in [-0.2, -0.15) is 12.6 Å². The largest absolute Gasteiger partial charge is 0.397 e. The van der Waals surface area contributed by atoms with E-state index < -0.39 is 8.56 Å². The molecular formula is C8H20O2SSi. The molecule has 74 valence electrons. The molecule has 0 atom stereocenters. The van der Waals surface area contributed by atoms with E-state index in [1.54, 1.807) is 14.2 Å². The fourth-order valence-corrected chi connectivity index (χ4v) is 4.17. The Hall–Kier alpha value is 0.487. The molecule has 0 aromatic carbocycles. The Morgan fingerprint density at radius 3 is 2.08 bits per heavy atom. The van der Waals surface area contributed by atoms with E-state index in [9.17, 15) is 0 Å². The normalized spacial score (nSPS) is 12.0. The van der Waals surface area contributed by atoms with Crippen molar-refractivity contribution in [3.8, 4) is 0 Å². The van der Waals surface area contributed by atoms with Crippen LogP contribution in [0.15, 0.2) is 0 Å². The fourth-order valence-electron chi connectivity index (χ4n) is 1.14. The zero-order valence-corrected chi connectivity index (χ0v) is 10.2. The molecule has 0 unspecified atom stereocenters. The molecule has 0 heterocycles. The van der Waals surface area contributed by atoms with Crippen molar-refractivity contribution in [3.05, 3.63) is 0 Å². The summed E-state index contributed by atoms with van der Waals surface area (Å²) in [5.74, 6) is 0. The van der Waals surface area contributed by atoms with Crippen LogP contribution >= 0.6 is 12.6 Å². The average molecular weight is 208 g/mol. The van der Waals surface area contributed by atoms with Gasteiger partial charge in [-0.25, -0.2) is 0 Å². The molecule has 0 aromatic heterocycles. The Balaban J connectivity index is 3.76. The number of rotatable bonds is 7. The first kappa shape index (κ1) is 12.5. The van der Waals surface area contributed by atoms with Gasteiger partial charge in [0.05, 0.1) is 0 Å². The molecule has 2 nitrogen and oxygen atoms in total. The SMILES string of the molecule is CCCCC[Si](CS)(OC)OC. The van der Waals surface area contributed by atoms with Gasteiger partial charge in [-0.15, -0.1) is 0 Å². The van der Waals surface area contributed by atoms with Gasteiger partial charge in [0.2, 0.25) is 0 Å². The molecule has 0 rings (SSSR count). The topological polar surface area (TPSA) is 18.5 Å². The predicted molar refractivity (Wildman–Crippen MR) is 58.0 cm³/mol. The summed E-state index contributed by atoms with van der Waals surface area (Å²) in [4.78, 5) is 0. The summed E-state index contributed by atoms with van der Waals surface area (Å²) in [6, 6.07) is 1.07. The monoisotopic (exact) mass is 208 g/mol. The summed E-state index contributed by atoms with van der Waals surface area (Å²) in [6.45, 7) is 2.20. The van der Waals surface area contributed by atoms with Crippen molar-refractivity contribution < 1.29 is 8.85 Å². The smallest absolute Gasteiger partial charge is 0.347 e. The lowest BCUT2D eigenvalue weighted by molar-refractivity contribution is 0.247. The molecule has 0 fully saturated rings. The van der Waals surface area contributed by atoms with Crippen LogP contribution in [-0.2, 0) is 8.85 Å². The number of hydrogen-bond acceptors (Lipinski definition) is 3. The maximum Gasteiger partial charge on any atom is 0.347 e. The second kappa shape index (κ2) is 6.94. The molecule has 0 aliphatic rings. The van der Waals surface area contributed by atoms with Gasteiger partial charge in [0.25, 0.3) is 0 Å². The van der Waals surface area contributed by atoms with Crippen LogP contribution in [-0.4, -0.2) is 28.2 Å². The Bertz CT molecular complexity index is 99.0. The summed E-state index contributed by atoms with van der Waals surface area (Å²) < 4.78 is 10.8. The van der Waals surface area contributed by atoms with E-state index >= 15 is 0 Å². The predicted octanol–water partition coefficient (Wildman–Crippen LogP) is 2.38. The van der Waals surface area contributed by atoms with Crippen molar-refractivity contribution >= 4 is 21.2 Å². The fraction of sp³-hybridized carbons (Fsp3) is 1.00. The van der Waals surface area contributed by atoms with E-state index in [1.165, 1.54) is 19.3 Å². The molecule has 0 saturated heterocycles. The van der Waals surface area contributed by atoms with Gasteiger partial charge in [0, 0.05) is 19.6 Å². The highest BCUT2D eigenvalue weighted by Gasteiger charge is 2.32. The van der Waals surface area contributed by atoms with Gasteiger partial charge in [-0.1, -0.05) is 26.2 Å². The summed E-state index contributed by atoms with van der Waals surface area (Å²) in [5, 5.41) is 0.754. The Morgan fingerprint density at radius 2 is 1.75 bits per heavy atom. The van der Waals surface area contributed by atoms with Crippen molar-refractivity contribution in [2.24, 2.45) is 0 Å². The van der Waals surface area contributed by atoms with Crippen molar-refractivity contribution in [2.75, 3.05) is 19.6 Å². The molecule has 0 aromatic rings. The van der Waals surface area contributed by atoms with Crippen LogP contribution in [0, 0.1) is 0 Å². The highest BCUT2D eigenvalue weighted by Crippen LogP contribution is 2.17. The maximum absolute atomic E-state index is 5.42. The summed E-state index contributed by atoms with van der Waals surface area (Å²) in [7, 11) is 1.58. The third kappa shape index (κ3) is 3.94. The molecule has 0 radical (unpaired) electrons. The number of thiol groups is 1. The third-order valence-electron chi connectivity index (χ3n) is 2.15. The van der Waals surface area contributed by atoms with E-state index in [1.807, 2.05) is 0 Å². The van der Waals surface area contributed by atoms with Crippen LogP contribution in [0.25, 0.3) is 0 Å². The van der Waals surface area contributed by atoms with Gasteiger partial charge in [-0.3, -0.25) is 0 Å². The quantitative estimate of drug-likeness (QED) is 0.393. The zero-order chi connectivity index (χ0) is 9.45. The van der Waals surface area contributed by atoms with Gasteiger partial charge < -0.3 is 8.85 Å². The van der Waals surface area contributed by atoms with Crippen LogP contribution in [0.1, 0.15) is 26.2 Å². The standard InChI is InChI=1S/C8H20O2SSi/c1-4-5-6-7-12(8-11,9-2)10-3/h11H,4-8H2,1-3H3. The lowest BCUT2D eigenvalue weighted by Gasteiger charge is -2.25. The van der Waals surface area contributed by atoms with E-state index in [2.05, 4.69) is 19.6 Å². The first-order valence-electron chi connectivity index (χ1n) is 4.46. The van der Waals surface area contributed by atoms with Gasteiger partial charge >= 0.3 is 8.56 Å². The van der Waals surface area contributed by atoms with Crippen molar-refractivity contribution in [2.45, 2.75) is 32.2 Å². The molecule has 0 bridgehead atoms. The minimum Gasteiger partial charge on any atom is -0.397 e. The highest BCUT2D eigenvalue weighted by molar-refractivity contribution is 7.82. The summed E-state index contributed by atoms with van der Waals surface area (Å²) in [6.07, 6.45) is 3.70. The molecule has 4 heteroatoms. The molecular weight excluding hydrogens is 188 g/mol. The van der Waals surface area contributed by atoms with Crippen molar-refractivity contribution in [1.29, 1.82) is 0 Å². The molecule has 12 heavy (non-hydrogen) atoms. The van der Waals surface area contributed by atoms with E-state index in [0.717, 1.165) is 11.4 Å². The first-order chi connectivity index (χ1) is 5.74. The number of hydrogen-bond donors (Lipinski definition) is 1. The van der Waals surface area contributed by atoms with E-state index in [-0.39, 0.29) is 0 Å². The van der Waals surface area contributed by atoms with Gasteiger partial charge in [0.15, 0.2) is 0 Å². The summed E-state index contributed by atoms with van der Waals surface area (Å²) >= 11 is 4.28. The van der Waals surface area contributed by atoms with E-state index in [0.29, 0.717) is 0 Å². The molecule has 0 amide bonds. The highest BCUT2D eigenvalue weighted by atomic mass is 32.1. The Morgan fingerprint density at radius 1 is 1.17 bits per heavy atom. The zero-order valence-electron chi connectivity index (χ0n) is 8.30. The van der Waals surface area contributed by atoms with Crippen LogP contribution in [0.4, 0.5) is 0 Å². The van der Waals surface area contributed by atoms with Crippen LogP contribution in [0.5, 0.6) is 0 Å². The minimum atomic E-state index is -1.89.